The Balaban J connectivity index is 3.95. The molecule has 0 aliphatic rings. The second kappa shape index (κ2) is 11.0. The Bertz CT molecular complexity index is 133. The van der Waals surface area contributed by atoms with E-state index in [2.05, 4.69) is 27.7 Å². The van der Waals surface area contributed by atoms with Gasteiger partial charge in [-0.15, -0.1) is 0 Å². The third kappa shape index (κ3) is 9.57. The van der Waals surface area contributed by atoms with E-state index in [0.29, 0.717) is 19.8 Å². The summed E-state index contributed by atoms with van der Waals surface area (Å²) < 4.78 is 16.8. The zero-order valence-corrected chi connectivity index (χ0v) is 11.8. The van der Waals surface area contributed by atoms with Gasteiger partial charge in [0.1, 0.15) is 0 Å². The minimum atomic E-state index is -1.10. The second-order valence-corrected chi connectivity index (χ2v) is 4.29. The lowest BCUT2D eigenvalue weighted by Crippen LogP contribution is -2.37. The summed E-state index contributed by atoms with van der Waals surface area (Å²) in [7, 11) is 0. The Hall–Kier alpha value is -0.120. The van der Waals surface area contributed by atoms with Gasteiger partial charge in [0.05, 0.1) is 19.8 Å². The first-order valence-electron chi connectivity index (χ1n) is 6.95. The largest absolute Gasteiger partial charge is 0.327 e. The predicted octanol–water partition coefficient (Wildman–Crippen LogP) is 3.92. The molecule has 0 aliphatic carbocycles. The van der Waals surface area contributed by atoms with Crippen molar-refractivity contribution >= 4 is 0 Å². The average Bonchev–Trinajstić information content (AvgIpc) is 2.30. The van der Waals surface area contributed by atoms with Crippen LogP contribution in [0.25, 0.3) is 0 Å². The van der Waals surface area contributed by atoms with Crippen LogP contribution in [0.3, 0.4) is 0 Å². The molecule has 0 bridgehead atoms. The third-order valence-corrected chi connectivity index (χ3v) is 2.46. The van der Waals surface area contributed by atoms with Crippen LogP contribution < -0.4 is 0 Å². The van der Waals surface area contributed by atoms with Crippen LogP contribution in [0.15, 0.2) is 0 Å². The van der Waals surface area contributed by atoms with Crippen LogP contribution >= 0.6 is 0 Å². The molecule has 0 heterocycles. The molecule has 0 atom stereocenters. The van der Waals surface area contributed by atoms with Gasteiger partial charge in [0.15, 0.2) is 0 Å². The van der Waals surface area contributed by atoms with Crippen molar-refractivity contribution in [3.63, 3.8) is 0 Å². The van der Waals surface area contributed by atoms with Crippen LogP contribution in [-0.4, -0.2) is 25.8 Å². The molecule has 1 radical (unpaired) electrons. The van der Waals surface area contributed by atoms with Crippen molar-refractivity contribution < 1.29 is 14.2 Å². The number of hydrogen-bond acceptors (Lipinski definition) is 3. The number of unbranched alkanes of at least 4 members (excludes halogenated alkanes) is 3. The van der Waals surface area contributed by atoms with Gasteiger partial charge < -0.3 is 14.2 Å². The summed E-state index contributed by atoms with van der Waals surface area (Å²) in [6, 6.07) is 0. The van der Waals surface area contributed by atoms with Crippen LogP contribution in [0, 0.1) is 6.92 Å². The number of hydrogen-bond donors (Lipinski definition) is 0. The Kier molecular flexibility index (Phi) is 10.9. The minimum Gasteiger partial charge on any atom is -0.327 e. The van der Waals surface area contributed by atoms with Crippen molar-refractivity contribution in [2.24, 2.45) is 0 Å². The van der Waals surface area contributed by atoms with Crippen molar-refractivity contribution in [2.75, 3.05) is 19.8 Å². The summed E-state index contributed by atoms with van der Waals surface area (Å²) in [6.45, 7) is 12.2. The molecule has 0 amide bonds. The maximum atomic E-state index is 5.61. The molecule has 0 N–H and O–H groups in total. The summed E-state index contributed by atoms with van der Waals surface area (Å²) >= 11 is 0. The molecule has 0 saturated carbocycles. The average molecular weight is 245 g/mol. The zero-order valence-electron chi connectivity index (χ0n) is 11.8. The van der Waals surface area contributed by atoms with Gasteiger partial charge in [0, 0.05) is 6.92 Å². The van der Waals surface area contributed by atoms with Gasteiger partial charge in [0.25, 0.3) is 5.97 Å². The van der Waals surface area contributed by atoms with Gasteiger partial charge in [-0.2, -0.15) is 0 Å². The molecule has 0 aromatic rings. The van der Waals surface area contributed by atoms with Crippen molar-refractivity contribution in [1.82, 2.24) is 0 Å². The number of rotatable bonds is 12. The highest BCUT2D eigenvalue weighted by molar-refractivity contribution is 4.61. The topological polar surface area (TPSA) is 27.7 Å². The van der Waals surface area contributed by atoms with E-state index in [-0.39, 0.29) is 0 Å². The van der Waals surface area contributed by atoms with E-state index in [1.54, 1.807) is 0 Å². The molecule has 3 nitrogen and oxygen atoms in total. The highest BCUT2D eigenvalue weighted by Crippen LogP contribution is 2.16. The normalized spacial score (nSPS) is 12.0. The van der Waals surface area contributed by atoms with Crippen molar-refractivity contribution in [1.29, 1.82) is 0 Å². The zero-order chi connectivity index (χ0) is 13.0. The first-order valence-corrected chi connectivity index (χ1v) is 6.95. The molecule has 0 aromatic heterocycles. The van der Waals surface area contributed by atoms with Crippen LogP contribution in [0.2, 0.25) is 0 Å². The fourth-order valence-electron chi connectivity index (χ4n) is 1.24. The van der Waals surface area contributed by atoms with Gasteiger partial charge >= 0.3 is 0 Å². The fourth-order valence-corrected chi connectivity index (χ4v) is 1.24. The highest BCUT2D eigenvalue weighted by atomic mass is 16.9. The van der Waals surface area contributed by atoms with Crippen molar-refractivity contribution in [2.45, 2.75) is 65.3 Å². The van der Waals surface area contributed by atoms with E-state index in [9.17, 15) is 0 Å². The maximum absolute atomic E-state index is 5.61. The van der Waals surface area contributed by atoms with Gasteiger partial charge in [-0.05, 0) is 19.3 Å². The quantitative estimate of drug-likeness (QED) is 0.385. The van der Waals surface area contributed by atoms with E-state index in [1.165, 1.54) is 0 Å². The monoisotopic (exact) mass is 245 g/mol. The van der Waals surface area contributed by atoms with Gasteiger partial charge in [0.2, 0.25) is 0 Å². The third-order valence-electron chi connectivity index (χ3n) is 2.46. The predicted molar refractivity (Wildman–Crippen MR) is 70.7 cm³/mol. The Morgan fingerprint density at radius 2 is 1.00 bits per heavy atom. The van der Waals surface area contributed by atoms with Crippen molar-refractivity contribution in [3.05, 3.63) is 6.92 Å². The Labute approximate surface area is 107 Å². The van der Waals surface area contributed by atoms with Gasteiger partial charge in [-0.25, -0.2) is 0 Å². The van der Waals surface area contributed by atoms with Crippen LogP contribution in [0.4, 0.5) is 0 Å². The van der Waals surface area contributed by atoms with E-state index < -0.39 is 5.97 Å². The van der Waals surface area contributed by atoms with E-state index >= 15 is 0 Å². The Morgan fingerprint density at radius 1 is 0.706 bits per heavy atom. The molecule has 0 rings (SSSR count). The molecular weight excluding hydrogens is 216 g/mol. The van der Waals surface area contributed by atoms with E-state index in [0.717, 1.165) is 38.5 Å². The molecule has 103 valence electrons. The first-order chi connectivity index (χ1) is 8.18. The summed E-state index contributed by atoms with van der Waals surface area (Å²) in [5.74, 6) is -1.10. The summed E-state index contributed by atoms with van der Waals surface area (Å²) in [6.07, 6.45) is 6.31. The summed E-state index contributed by atoms with van der Waals surface area (Å²) in [5.41, 5.74) is 0. The molecule has 0 unspecified atom stereocenters. The van der Waals surface area contributed by atoms with Crippen LogP contribution in [0.1, 0.15) is 59.3 Å². The molecule has 0 aromatic carbocycles. The van der Waals surface area contributed by atoms with Gasteiger partial charge in [-0.1, -0.05) is 40.0 Å². The lowest BCUT2D eigenvalue weighted by molar-refractivity contribution is -0.353. The smallest absolute Gasteiger partial charge is 0.283 e. The molecular formula is C14H29O3. The summed E-state index contributed by atoms with van der Waals surface area (Å²) in [5, 5.41) is 0. The van der Waals surface area contributed by atoms with E-state index in [4.69, 9.17) is 14.2 Å². The van der Waals surface area contributed by atoms with Gasteiger partial charge in [-0.3, -0.25) is 0 Å². The molecule has 0 aliphatic heterocycles. The first kappa shape index (κ1) is 16.9. The summed E-state index contributed by atoms with van der Waals surface area (Å²) in [4.78, 5) is 0. The highest BCUT2D eigenvalue weighted by Gasteiger charge is 2.26. The standard InChI is InChI=1S/C14H29O3/c1-5-8-11-15-14(4,16-12-9-6-2)17-13-10-7-3/h4-13H2,1-3H3. The maximum Gasteiger partial charge on any atom is 0.283 e. The van der Waals surface area contributed by atoms with Crippen LogP contribution in [0.5, 0.6) is 0 Å². The Morgan fingerprint density at radius 3 is 1.24 bits per heavy atom. The number of ether oxygens (including phenoxy) is 3. The molecule has 0 spiro atoms. The fraction of sp³-hybridized carbons (Fsp3) is 0.929. The molecule has 17 heavy (non-hydrogen) atoms. The molecule has 0 fully saturated rings. The second-order valence-electron chi connectivity index (χ2n) is 4.29. The SMILES string of the molecule is [CH2]C(OCCCC)(OCCCC)OCCCC. The molecule has 0 saturated heterocycles. The van der Waals surface area contributed by atoms with Crippen molar-refractivity contribution in [3.8, 4) is 0 Å². The lowest BCUT2D eigenvalue weighted by atomic mass is 10.3. The molecule has 3 heteroatoms. The minimum absolute atomic E-state index is 0.637. The van der Waals surface area contributed by atoms with E-state index in [1.807, 2.05) is 0 Å². The lowest BCUT2D eigenvalue weighted by Gasteiger charge is -2.29. The van der Waals surface area contributed by atoms with Crippen LogP contribution in [-0.2, 0) is 14.2 Å².